The zero-order valence-electron chi connectivity index (χ0n) is 17.0. The van der Waals surface area contributed by atoms with Gasteiger partial charge in [0.1, 0.15) is 18.1 Å². The number of aromatic nitrogens is 1. The number of nitrogens with one attached hydrogen (secondary N) is 1. The number of hydrogen-bond acceptors (Lipinski definition) is 5. The van der Waals surface area contributed by atoms with Crippen molar-refractivity contribution in [1.29, 1.82) is 0 Å². The van der Waals surface area contributed by atoms with Gasteiger partial charge in [-0.25, -0.2) is 0 Å². The third-order valence-electron chi connectivity index (χ3n) is 5.50. The lowest BCUT2D eigenvalue weighted by molar-refractivity contribution is -0.117. The first-order valence-corrected chi connectivity index (χ1v) is 10.2. The summed E-state index contributed by atoms with van der Waals surface area (Å²) in [6.45, 7) is 6.48. The van der Waals surface area contributed by atoms with Crippen LogP contribution >= 0.6 is 0 Å². The Hall–Kier alpha value is -2.34. The monoisotopic (exact) mass is 383 g/mol. The summed E-state index contributed by atoms with van der Waals surface area (Å²) in [4.78, 5) is 14.5. The molecule has 0 spiro atoms. The van der Waals surface area contributed by atoms with Gasteiger partial charge in [-0.3, -0.25) is 4.79 Å². The van der Waals surface area contributed by atoms with Crippen LogP contribution in [0.25, 0.3) is 11.1 Å². The van der Waals surface area contributed by atoms with Gasteiger partial charge >= 0.3 is 0 Å². The molecular formula is C22H29N3O3. The van der Waals surface area contributed by atoms with Crippen molar-refractivity contribution in [3.05, 3.63) is 29.7 Å². The standard InChI is InChI=1S/C22H29N3O3/c1-14-21(15(2)28-24-14)19-12-18(23-22(26)17-6-7-17)8-9-20(19)27-11-10-25(3)13-16-4-5-16/h8-9,12,16-17H,4-7,10-11,13H2,1-3H3,(H,23,26). The molecule has 2 aliphatic rings. The predicted molar refractivity (Wildman–Crippen MR) is 108 cm³/mol. The molecule has 1 aromatic carbocycles. The third-order valence-corrected chi connectivity index (χ3v) is 5.50. The number of carbonyl (C=O) groups excluding carboxylic acids is 1. The number of ether oxygens (including phenoxy) is 1. The Morgan fingerprint density at radius 1 is 1.29 bits per heavy atom. The minimum Gasteiger partial charge on any atom is -0.492 e. The summed E-state index contributed by atoms with van der Waals surface area (Å²) in [7, 11) is 2.15. The summed E-state index contributed by atoms with van der Waals surface area (Å²) in [5.41, 5.74) is 3.45. The smallest absolute Gasteiger partial charge is 0.227 e. The van der Waals surface area contributed by atoms with Crippen molar-refractivity contribution >= 4 is 11.6 Å². The molecule has 1 amide bonds. The van der Waals surface area contributed by atoms with E-state index in [0.29, 0.717) is 6.61 Å². The average molecular weight is 383 g/mol. The van der Waals surface area contributed by atoms with Crippen LogP contribution in [0, 0.1) is 25.7 Å². The molecule has 2 aliphatic carbocycles. The Labute approximate surface area is 166 Å². The maximum absolute atomic E-state index is 12.2. The first-order valence-electron chi connectivity index (χ1n) is 10.2. The highest BCUT2D eigenvalue weighted by Crippen LogP contribution is 2.37. The molecule has 1 aromatic heterocycles. The molecule has 150 valence electrons. The van der Waals surface area contributed by atoms with Crippen molar-refractivity contribution in [3.63, 3.8) is 0 Å². The molecule has 0 saturated heterocycles. The summed E-state index contributed by atoms with van der Waals surface area (Å²) in [6.07, 6.45) is 4.68. The fraction of sp³-hybridized carbons (Fsp3) is 0.545. The number of hydrogen-bond donors (Lipinski definition) is 1. The van der Waals surface area contributed by atoms with Crippen LogP contribution in [0.1, 0.15) is 37.1 Å². The minimum absolute atomic E-state index is 0.0973. The highest BCUT2D eigenvalue weighted by Gasteiger charge is 2.30. The second kappa shape index (κ2) is 7.95. The van der Waals surface area contributed by atoms with Crippen LogP contribution in [-0.4, -0.2) is 42.7 Å². The van der Waals surface area contributed by atoms with E-state index in [4.69, 9.17) is 9.26 Å². The third kappa shape index (κ3) is 4.55. The lowest BCUT2D eigenvalue weighted by atomic mass is 10.0. The SMILES string of the molecule is Cc1noc(C)c1-c1cc(NC(=O)C2CC2)ccc1OCCN(C)CC1CC1. The van der Waals surface area contributed by atoms with E-state index in [-0.39, 0.29) is 11.8 Å². The number of nitrogens with zero attached hydrogens (tertiary/aromatic N) is 2. The van der Waals surface area contributed by atoms with Crippen LogP contribution in [0.2, 0.25) is 0 Å². The van der Waals surface area contributed by atoms with Crippen LogP contribution in [0.5, 0.6) is 5.75 Å². The maximum Gasteiger partial charge on any atom is 0.227 e. The van der Waals surface area contributed by atoms with E-state index in [9.17, 15) is 4.79 Å². The van der Waals surface area contributed by atoms with Gasteiger partial charge in [-0.1, -0.05) is 5.16 Å². The lowest BCUT2D eigenvalue weighted by Crippen LogP contribution is -2.26. The molecule has 6 heteroatoms. The van der Waals surface area contributed by atoms with Gasteiger partial charge in [0.2, 0.25) is 5.91 Å². The van der Waals surface area contributed by atoms with E-state index >= 15 is 0 Å². The van der Waals surface area contributed by atoms with Gasteiger partial charge in [0.05, 0.1) is 11.3 Å². The fourth-order valence-corrected chi connectivity index (χ4v) is 3.53. The molecule has 0 atom stereocenters. The highest BCUT2D eigenvalue weighted by molar-refractivity contribution is 5.95. The predicted octanol–water partition coefficient (Wildman–Crippen LogP) is 4.03. The van der Waals surface area contributed by atoms with E-state index in [0.717, 1.165) is 65.9 Å². The number of carbonyl (C=O) groups is 1. The van der Waals surface area contributed by atoms with Crippen molar-refractivity contribution in [3.8, 4) is 16.9 Å². The van der Waals surface area contributed by atoms with Gasteiger partial charge in [-0.05, 0) is 70.7 Å². The molecule has 2 saturated carbocycles. The van der Waals surface area contributed by atoms with Crippen LogP contribution < -0.4 is 10.1 Å². The number of benzene rings is 1. The Bertz CT molecular complexity index is 833. The van der Waals surface area contributed by atoms with Crippen LogP contribution in [0.3, 0.4) is 0 Å². The van der Waals surface area contributed by atoms with E-state index in [2.05, 4.69) is 22.4 Å². The normalized spacial score (nSPS) is 16.4. The van der Waals surface area contributed by atoms with Crippen LogP contribution in [-0.2, 0) is 4.79 Å². The average Bonchev–Trinajstić information content (AvgIpc) is 3.56. The molecule has 2 aromatic rings. The molecule has 0 unspecified atom stereocenters. The van der Waals surface area contributed by atoms with Gasteiger partial charge in [0, 0.05) is 30.3 Å². The lowest BCUT2D eigenvalue weighted by Gasteiger charge is -2.18. The summed E-state index contributed by atoms with van der Waals surface area (Å²) in [6, 6.07) is 5.81. The summed E-state index contributed by atoms with van der Waals surface area (Å²) >= 11 is 0. The van der Waals surface area contributed by atoms with Gasteiger partial charge < -0.3 is 19.5 Å². The van der Waals surface area contributed by atoms with E-state index in [1.807, 2.05) is 32.0 Å². The molecule has 1 heterocycles. The number of anilines is 1. The number of likely N-dealkylation sites (N-methyl/N-ethyl adjacent to an activating group) is 1. The topological polar surface area (TPSA) is 67.6 Å². The molecule has 1 N–H and O–H groups in total. The summed E-state index contributed by atoms with van der Waals surface area (Å²) in [5.74, 6) is 2.68. The molecule has 2 fully saturated rings. The van der Waals surface area contributed by atoms with Gasteiger partial charge in [0.15, 0.2) is 0 Å². The van der Waals surface area contributed by atoms with Gasteiger partial charge in [-0.15, -0.1) is 0 Å². The Balaban J connectivity index is 1.51. The number of rotatable bonds is 9. The van der Waals surface area contributed by atoms with Crippen LogP contribution in [0.4, 0.5) is 5.69 Å². The molecular weight excluding hydrogens is 354 g/mol. The fourth-order valence-electron chi connectivity index (χ4n) is 3.53. The number of aryl methyl sites for hydroxylation is 2. The van der Waals surface area contributed by atoms with Crippen molar-refractivity contribution in [2.75, 3.05) is 32.1 Å². The van der Waals surface area contributed by atoms with Crippen LogP contribution in [0.15, 0.2) is 22.7 Å². The molecule has 28 heavy (non-hydrogen) atoms. The van der Waals surface area contributed by atoms with Crippen molar-refractivity contribution in [2.45, 2.75) is 39.5 Å². The van der Waals surface area contributed by atoms with E-state index < -0.39 is 0 Å². The van der Waals surface area contributed by atoms with Gasteiger partial charge in [0.25, 0.3) is 0 Å². The largest absolute Gasteiger partial charge is 0.492 e. The van der Waals surface area contributed by atoms with E-state index in [1.54, 1.807) is 0 Å². The molecule has 4 rings (SSSR count). The van der Waals surface area contributed by atoms with Crippen molar-refractivity contribution in [1.82, 2.24) is 10.1 Å². The highest BCUT2D eigenvalue weighted by atomic mass is 16.5. The minimum atomic E-state index is 0.0973. The van der Waals surface area contributed by atoms with Crippen molar-refractivity contribution < 1.29 is 14.1 Å². The summed E-state index contributed by atoms with van der Waals surface area (Å²) < 4.78 is 11.5. The summed E-state index contributed by atoms with van der Waals surface area (Å²) in [5, 5.41) is 7.11. The Morgan fingerprint density at radius 2 is 2.07 bits per heavy atom. The number of amides is 1. The quantitative estimate of drug-likeness (QED) is 0.708. The molecule has 0 aliphatic heterocycles. The Kier molecular flexibility index (Phi) is 5.40. The van der Waals surface area contributed by atoms with Gasteiger partial charge in [-0.2, -0.15) is 0 Å². The maximum atomic E-state index is 12.2. The first kappa shape index (κ1) is 19.0. The second-order valence-electron chi connectivity index (χ2n) is 8.23. The second-order valence-corrected chi connectivity index (χ2v) is 8.23. The Morgan fingerprint density at radius 3 is 2.71 bits per heavy atom. The van der Waals surface area contributed by atoms with Crippen molar-refractivity contribution in [2.24, 2.45) is 11.8 Å². The zero-order chi connectivity index (χ0) is 19.7. The molecule has 6 nitrogen and oxygen atoms in total. The molecule has 0 radical (unpaired) electrons. The van der Waals surface area contributed by atoms with E-state index in [1.165, 1.54) is 12.8 Å². The zero-order valence-corrected chi connectivity index (χ0v) is 17.0. The molecule has 0 bridgehead atoms. The first-order chi connectivity index (χ1) is 13.5.